The van der Waals surface area contributed by atoms with E-state index in [1.165, 1.54) is 71.6 Å². The van der Waals surface area contributed by atoms with E-state index in [2.05, 4.69) is 194 Å². The minimum atomic E-state index is 0.896. The minimum Gasteiger partial charge on any atom is -0.456 e. The lowest BCUT2D eigenvalue weighted by Gasteiger charge is -2.19. The molecular formula is C50H32O. The zero-order chi connectivity index (χ0) is 33.7. The molecule has 238 valence electrons. The lowest BCUT2D eigenvalue weighted by Crippen LogP contribution is -1.92. The third kappa shape index (κ3) is 4.94. The van der Waals surface area contributed by atoms with Gasteiger partial charge >= 0.3 is 0 Å². The fraction of sp³-hybridized carbons (Fsp3) is 0. The van der Waals surface area contributed by atoms with Crippen molar-refractivity contribution in [3.63, 3.8) is 0 Å². The molecule has 1 heterocycles. The normalized spacial score (nSPS) is 11.5. The molecule has 9 aromatic carbocycles. The summed E-state index contributed by atoms with van der Waals surface area (Å²) in [7, 11) is 0. The molecule has 0 aliphatic heterocycles. The number of hydrogen-bond donors (Lipinski definition) is 0. The Bertz CT molecular complexity index is 2770. The second-order valence-electron chi connectivity index (χ2n) is 13.2. The summed E-state index contributed by atoms with van der Waals surface area (Å²) in [5, 5.41) is 7.17. The van der Waals surface area contributed by atoms with Gasteiger partial charge in [0.05, 0.1) is 0 Å². The Kier molecular flexibility index (Phi) is 6.89. The Morgan fingerprint density at radius 3 is 1.27 bits per heavy atom. The van der Waals surface area contributed by atoms with Gasteiger partial charge in [0, 0.05) is 10.8 Å². The first-order chi connectivity index (χ1) is 25.3. The molecule has 0 bridgehead atoms. The fourth-order valence-corrected chi connectivity index (χ4v) is 7.94. The first-order valence-electron chi connectivity index (χ1n) is 17.5. The highest BCUT2D eigenvalue weighted by Gasteiger charge is 2.21. The Morgan fingerprint density at radius 1 is 0.255 bits per heavy atom. The summed E-state index contributed by atoms with van der Waals surface area (Å²) >= 11 is 0. The number of furan rings is 1. The molecule has 0 radical (unpaired) electrons. The van der Waals surface area contributed by atoms with Crippen LogP contribution in [0.25, 0.3) is 99.1 Å². The van der Waals surface area contributed by atoms with Crippen molar-refractivity contribution in [2.75, 3.05) is 0 Å². The molecule has 0 fully saturated rings. The van der Waals surface area contributed by atoms with Crippen LogP contribution in [0, 0.1) is 0 Å². The third-order valence-electron chi connectivity index (χ3n) is 10.2. The molecule has 0 N–H and O–H groups in total. The highest BCUT2D eigenvalue weighted by molar-refractivity contribution is 6.25. The summed E-state index contributed by atoms with van der Waals surface area (Å²) < 4.78 is 6.60. The molecule has 1 aromatic heterocycles. The van der Waals surface area contributed by atoms with E-state index in [0.717, 1.165) is 27.5 Å². The van der Waals surface area contributed by atoms with Crippen LogP contribution in [0.5, 0.6) is 0 Å². The van der Waals surface area contributed by atoms with Crippen LogP contribution in [0.2, 0.25) is 0 Å². The second-order valence-corrected chi connectivity index (χ2v) is 13.2. The summed E-state index contributed by atoms with van der Waals surface area (Å²) in [6, 6.07) is 69.9. The van der Waals surface area contributed by atoms with E-state index in [0.29, 0.717) is 0 Å². The number of fused-ring (bicyclic) bond motifs is 5. The fourth-order valence-electron chi connectivity index (χ4n) is 7.94. The van der Waals surface area contributed by atoms with Gasteiger partial charge in [-0.3, -0.25) is 0 Å². The van der Waals surface area contributed by atoms with E-state index in [1.807, 2.05) is 0 Å². The zero-order valence-electron chi connectivity index (χ0n) is 27.9. The molecule has 0 spiro atoms. The van der Waals surface area contributed by atoms with E-state index in [1.54, 1.807) is 0 Å². The van der Waals surface area contributed by atoms with Crippen LogP contribution in [0.1, 0.15) is 0 Å². The molecule has 10 rings (SSSR count). The Balaban J connectivity index is 1.26. The molecular weight excluding hydrogens is 617 g/mol. The van der Waals surface area contributed by atoms with Crippen molar-refractivity contribution < 1.29 is 4.42 Å². The third-order valence-corrected chi connectivity index (χ3v) is 10.2. The number of benzene rings is 9. The monoisotopic (exact) mass is 648 g/mol. The molecule has 0 unspecified atom stereocenters. The Labute approximate surface area is 296 Å². The summed E-state index contributed by atoms with van der Waals surface area (Å²) in [5.74, 6) is 0. The summed E-state index contributed by atoms with van der Waals surface area (Å²) in [4.78, 5) is 0. The van der Waals surface area contributed by atoms with Crippen molar-refractivity contribution in [3.8, 4) is 55.6 Å². The van der Waals surface area contributed by atoms with Gasteiger partial charge in [-0.1, -0.05) is 158 Å². The van der Waals surface area contributed by atoms with Crippen LogP contribution in [0.4, 0.5) is 0 Å². The lowest BCUT2D eigenvalue weighted by atomic mass is 9.83. The van der Waals surface area contributed by atoms with Crippen molar-refractivity contribution >= 4 is 43.5 Å². The maximum absolute atomic E-state index is 6.60. The predicted molar refractivity (Wildman–Crippen MR) is 216 cm³/mol. The topological polar surface area (TPSA) is 13.1 Å². The summed E-state index contributed by atoms with van der Waals surface area (Å²) in [6.07, 6.45) is 0. The van der Waals surface area contributed by atoms with E-state index in [4.69, 9.17) is 4.42 Å². The van der Waals surface area contributed by atoms with Crippen molar-refractivity contribution in [1.29, 1.82) is 0 Å². The van der Waals surface area contributed by atoms with Gasteiger partial charge in [-0.25, -0.2) is 0 Å². The van der Waals surface area contributed by atoms with Gasteiger partial charge in [0.25, 0.3) is 0 Å². The van der Waals surface area contributed by atoms with Gasteiger partial charge in [-0.15, -0.1) is 0 Å². The number of rotatable bonds is 5. The smallest absolute Gasteiger partial charge is 0.136 e. The van der Waals surface area contributed by atoms with Gasteiger partial charge in [0.2, 0.25) is 0 Å². The molecule has 0 aliphatic rings. The van der Waals surface area contributed by atoms with Crippen LogP contribution in [-0.2, 0) is 0 Å². The molecule has 0 atom stereocenters. The van der Waals surface area contributed by atoms with Crippen molar-refractivity contribution in [1.82, 2.24) is 0 Å². The first-order valence-corrected chi connectivity index (χ1v) is 17.5. The predicted octanol–water partition coefficient (Wildman–Crippen LogP) is 14.2. The molecule has 1 heteroatoms. The van der Waals surface area contributed by atoms with E-state index < -0.39 is 0 Å². The van der Waals surface area contributed by atoms with Gasteiger partial charge in [-0.2, -0.15) is 0 Å². The molecule has 51 heavy (non-hydrogen) atoms. The van der Waals surface area contributed by atoms with Crippen LogP contribution in [0.15, 0.2) is 199 Å². The molecule has 1 nitrogen and oxygen atoms in total. The SMILES string of the molecule is c1ccc(-c2cc(-c3ccccc3)cc(-c3c4ccccc4c(-c4cccc5oc6cc(-c7ccccc7)ccc6c45)c4ccccc34)c2)cc1. The average molecular weight is 649 g/mol. The first kappa shape index (κ1) is 29.2. The molecule has 0 saturated carbocycles. The van der Waals surface area contributed by atoms with Crippen LogP contribution in [-0.4, -0.2) is 0 Å². The van der Waals surface area contributed by atoms with Gasteiger partial charge in [0.15, 0.2) is 0 Å². The molecule has 0 saturated heterocycles. The van der Waals surface area contributed by atoms with Crippen LogP contribution in [0.3, 0.4) is 0 Å². The second kappa shape index (κ2) is 12.0. The standard InChI is InChI=1S/C50H32O/c1-4-15-33(16-5-1)36-27-28-44-47(32-36)51-46-26-14-25-45(50(44)46)49-42-23-12-10-21-40(42)48(41-22-11-13-24-43(41)49)39-30-37(34-17-6-2-7-18-34)29-38(31-39)35-19-8-3-9-20-35/h1-32H. The Hall–Kier alpha value is -6.70. The maximum atomic E-state index is 6.60. The minimum absolute atomic E-state index is 0.896. The quantitative estimate of drug-likeness (QED) is 0.169. The van der Waals surface area contributed by atoms with Crippen LogP contribution < -0.4 is 0 Å². The Morgan fingerprint density at radius 2 is 0.725 bits per heavy atom. The van der Waals surface area contributed by atoms with Gasteiger partial charge in [0.1, 0.15) is 11.2 Å². The van der Waals surface area contributed by atoms with Gasteiger partial charge in [-0.05, 0) is 114 Å². The van der Waals surface area contributed by atoms with Crippen molar-refractivity contribution in [3.05, 3.63) is 194 Å². The highest BCUT2D eigenvalue weighted by atomic mass is 16.3. The van der Waals surface area contributed by atoms with E-state index in [9.17, 15) is 0 Å². The zero-order valence-corrected chi connectivity index (χ0v) is 27.9. The summed E-state index contributed by atoms with van der Waals surface area (Å²) in [6.45, 7) is 0. The lowest BCUT2D eigenvalue weighted by molar-refractivity contribution is 0.669. The van der Waals surface area contributed by atoms with Crippen molar-refractivity contribution in [2.24, 2.45) is 0 Å². The van der Waals surface area contributed by atoms with Crippen LogP contribution >= 0.6 is 0 Å². The highest BCUT2D eigenvalue weighted by Crippen LogP contribution is 2.48. The molecule has 10 aromatic rings. The largest absolute Gasteiger partial charge is 0.456 e. The molecule has 0 aliphatic carbocycles. The van der Waals surface area contributed by atoms with E-state index >= 15 is 0 Å². The van der Waals surface area contributed by atoms with Gasteiger partial charge < -0.3 is 4.42 Å². The number of hydrogen-bond acceptors (Lipinski definition) is 1. The summed E-state index contributed by atoms with van der Waals surface area (Å²) in [5.41, 5.74) is 13.8. The molecule has 0 amide bonds. The average Bonchev–Trinajstić information content (AvgIpc) is 3.59. The maximum Gasteiger partial charge on any atom is 0.136 e. The van der Waals surface area contributed by atoms with E-state index in [-0.39, 0.29) is 0 Å². The van der Waals surface area contributed by atoms with Crippen molar-refractivity contribution in [2.45, 2.75) is 0 Å².